The SMILES string of the molecule is Clc1ccc(CNC2CC2)c(Cc2ccncc2)c1. The molecule has 1 fully saturated rings. The van der Waals surface area contributed by atoms with Crippen LogP contribution in [0.1, 0.15) is 29.5 Å². The van der Waals surface area contributed by atoms with E-state index >= 15 is 0 Å². The minimum atomic E-state index is 0.726. The van der Waals surface area contributed by atoms with E-state index in [0.717, 1.165) is 24.0 Å². The molecule has 3 heteroatoms. The van der Waals surface area contributed by atoms with Crippen LogP contribution in [-0.4, -0.2) is 11.0 Å². The van der Waals surface area contributed by atoms with Crippen molar-refractivity contribution >= 4 is 11.6 Å². The smallest absolute Gasteiger partial charge is 0.0409 e. The summed E-state index contributed by atoms with van der Waals surface area (Å²) in [6, 6.07) is 11.0. The van der Waals surface area contributed by atoms with E-state index in [1.165, 1.54) is 29.5 Å². The Morgan fingerprint density at radius 3 is 2.63 bits per heavy atom. The molecule has 0 aliphatic heterocycles. The fraction of sp³-hybridized carbons (Fsp3) is 0.312. The van der Waals surface area contributed by atoms with Crippen LogP contribution >= 0.6 is 11.6 Å². The van der Waals surface area contributed by atoms with E-state index in [9.17, 15) is 0 Å². The zero-order chi connectivity index (χ0) is 13.1. The number of aromatic nitrogens is 1. The average Bonchev–Trinajstić information content (AvgIpc) is 3.23. The van der Waals surface area contributed by atoms with Crippen LogP contribution in [0.2, 0.25) is 5.02 Å². The first-order valence-corrected chi connectivity index (χ1v) is 7.08. The van der Waals surface area contributed by atoms with E-state index in [0.29, 0.717) is 0 Å². The van der Waals surface area contributed by atoms with Crippen LogP contribution < -0.4 is 5.32 Å². The highest BCUT2D eigenvalue weighted by Gasteiger charge is 2.20. The molecule has 0 atom stereocenters. The monoisotopic (exact) mass is 272 g/mol. The van der Waals surface area contributed by atoms with Crippen molar-refractivity contribution < 1.29 is 0 Å². The molecule has 98 valence electrons. The summed E-state index contributed by atoms with van der Waals surface area (Å²) in [6.07, 6.45) is 7.20. The lowest BCUT2D eigenvalue weighted by Crippen LogP contribution is -2.16. The Labute approximate surface area is 118 Å². The highest BCUT2D eigenvalue weighted by molar-refractivity contribution is 6.30. The first-order chi connectivity index (χ1) is 9.31. The number of nitrogens with zero attached hydrogens (tertiary/aromatic N) is 1. The molecular formula is C16H17ClN2. The number of nitrogens with one attached hydrogen (secondary N) is 1. The number of pyridine rings is 1. The quantitative estimate of drug-likeness (QED) is 0.900. The van der Waals surface area contributed by atoms with Crippen molar-refractivity contribution in [2.75, 3.05) is 0 Å². The molecule has 0 bridgehead atoms. The summed E-state index contributed by atoms with van der Waals surface area (Å²) in [5, 5.41) is 4.37. The predicted octanol–water partition coefficient (Wildman–Crippen LogP) is 3.58. The van der Waals surface area contributed by atoms with Crippen LogP contribution in [0, 0.1) is 0 Å². The Morgan fingerprint density at radius 1 is 1.11 bits per heavy atom. The van der Waals surface area contributed by atoms with Crippen LogP contribution in [0.15, 0.2) is 42.7 Å². The third-order valence-corrected chi connectivity index (χ3v) is 3.71. The van der Waals surface area contributed by atoms with Gasteiger partial charge in [0.2, 0.25) is 0 Å². The Kier molecular flexibility index (Phi) is 3.81. The molecule has 19 heavy (non-hydrogen) atoms. The van der Waals surface area contributed by atoms with Gasteiger partial charge in [-0.3, -0.25) is 4.98 Å². The minimum absolute atomic E-state index is 0.726. The van der Waals surface area contributed by atoms with Gasteiger partial charge in [-0.05, 0) is 60.2 Å². The van der Waals surface area contributed by atoms with Crippen molar-refractivity contribution in [2.24, 2.45) is 0 Å². The molecule has 2 aromatic rings. The maximum absolute atomic E-state index is 6.13. The average molecular weight is 273 g/mol. The van der Waals surface area contributed by atoms with Gasteiger partial charge in [0.15, 0.2) is 0 Å². The summed E-state index contributed by atoms with van der Waals surface area (Å²) in [5.74, 6) is 0. The van der Waals surface area contributed by atoms with Crippen LogP contribution in [-0.2, 0) is 13.0 Å². The summed E-state index contributed by atoms with van der Waals surface area (Å²) >= 11 is 6.13. The standard InChI is InChI=1S/C16H17ClN2/c17-15-2-1-13(11-19-16-3-4-16)14(10-15)9-12-5-7-18-8-6-12/h1-2,5-8,10,16,19H,3-4,9,11H2. The van der Waals surface area contributed by atoms with Crippen molar-refractivity contribution in [3.63, 3.8) is 0 Å². The first-order valence-electron chi connectivity index (χ1n) is 6.71. The minimum Gasteiger partial charge on any atom is -0.310 e. The van der Waals surface area contributed by atoms with Gasteiger partial charge in [-0.15, -0.1) is 0 Å². The number of rotatable bonds is 5. The Morgan fingerprint density at radius 2 is 1.89 bits per heavy atom. The van der Waals surface area contributed by atoms with E-state index in [1.807, 2.05) is 18.5 Å². The topological polar surface area (TPSA) is 24.9 Å². The van der Waals surface area contributed by atoms with Crippen molar-refractivity contribution in [1.82, 2.24) is 10.3 Å². The second kappa shape index (κ2) is 5.72. The number of hydrogen-bond donors (Lipinski definition) is 1. The van der Waals surface area contributed by atoms with Gasteiger partial charge in [0.05, 0.1) is 0 Å². The Hall–Kier alpha value is -1.38. The second-order valence-corrected chi connectivity index (χ2v) is 5.54. The molecule has 2 nitrogen and oxygen atoms in total. The van der Waals surface area contributed by atoms with Gasteiger partial charge >= 0.3 is 0 Å². The van der Waals surface area contributed by atoms with Gasteiger partial charge in [-0.25, -0.2) is 0 Å². The van der Waals surface area contributed by atoms with Crippen LogP contribution in [0.3, 0.4) is 0 Å². The summed E-state index contributed by atoms with van der Waals surface area (Å²) in [5.41, 5.74) is 3.91. The molecule has 1 aliphatic carbocycles. The van der Waals surface area contributed by atoms with Gasteiger partial charge in [0, 0.05) is 30.0 Å². The zero-order valence-corrected chi connectivity index (χ0v) is 11.5. The molecule has 1 aromatic carbocycles. The fourth-order valence-corrected chi connectivity index (χ4v) is 2.39. The normalized spacial score (nSPS) is 14.6. The highest BCUT2D eigenvalue weighted by Crippen LogP contribution is 2.22. The van der Waals surface area contributed by atoms with Gasteiger partial charge in [-0.1, -0.05) is 17.7 Å². The Balaban J connectivity index is 1.78. The molecule has 1 saturated carbocycles. The maximum Gasteiger partial charge on any atom is 0.0409 e. The summed E-state index contributed by atoms with van der Waals surface area (Å²) in [4.78, 5) is 4.06. The highest BCUT2D eigenvalue weighted by atomic mass is 35.5. The van der Waals surface area contributed by atoms with Crippen molar-refractivity contribution in [3.8, 4) is 0 Å². The molecule has 0 radical (unpaired) electrons. The molecule has 1 heterocycles. The molecular weight excluding hydrogens is 256 g/mol. The first kappa shape index (κ1) is 12.6. The van der Waals surface area contributed by atoms with E-state index in [4.69, 9.17) is 11.6 Å². The Bertz CT molecular complexity index is 550. The van der Waals surface area contributed by atoms with Gasteiger partial charge in [0.1, 0.15) is 0 Å². The maximum atomic E-state index is 6.13. The van der Waals surface area contributed by atoms with E-state index in [-0.39, 0.29) is 0 Å². The molecule has 1 aliphatic rings. The number of benzene rings is 1. The lowest BCUT2D eigenvalue weighted by Gasteiger charge is -2.11. The summed E-state index contributed by atoms with van der Waals surface area (Å²) in [6.45, 7) is 0.933. The van der Waals surface area contributed by atoms with Crippen LogP contribution in [0.5, 0.6) is 0 Å². The zero-order valence-electron chi connectivity index (χ0n) is 10.8. The molecule has 0 unspecified atom stereocenters. The molecule has 1 N–H and O–H groups in total. The predicted molar refractivity (Wildman–Crippen MR) is 78.4 cm³/mol. The number of halogens is 1. The molecule has 3 rings (SSSR count). The van der Waals surface area contributed by atoms with Gasteiger partial charge in [-0.2, -0.15) is 0 Å². The number of hydrogen-bond acceptors (Lipinski definition) is 2. The summed E-state index contributed by atoms with van der Waals surface area (Å²) < 4.78 is 0. The fourth-order valence-electron chi connectivity index (χ4n) is 2.19. The molecule has 1 aromatic heterocycles. The van der Waals surface area contributed by atoms with Crippen molar-refractivity contribution in [3.05, 3.63) is 64.4 Å². The summed E-state index contributed by atoms with van der Waals surface area (Å²) in [7, 11) is 0. The molecule has 0 amide bonds. The lowest BCUT2D eigenvalue weighted by atomic mass is 10.0. The van der Waals surface area contributed by atoms with E-state index in [2.05, 4.69) is 34.6 Å². The van der Waals surface area contributed by atoms with Crippen LogP contribution in [0.25, 0.3) is 0 Å². The molecule has 0 saturated heterocycles. The van der Waals surface area contributed by atoms with Gasteiger partial charge in [0.25, 0.3) is 0 Å². The van der Waals surface area contributed by atoms with Crippen LogP contribution in [0.4, 0.5) is 0 Å². The van der Waals surface area contributed by atoms with E-state index < -0.39 is 0 Å². The van der Waals surface area contributed by atoms with Gasteiger partial charge < -0.3 is 5.32 Å². The lowest BCUT2D eigenvalue weighted by molar-refractivity contribution is 0.683. The molecule has 0 spiro atoms. The van der Waals surface area contributed by atoms with Crippen molar-refractivity contribution in [2.45, 2.75) is 31.8 Å². The van der Waals surface area contributed by atoms with E-state index in [1.54, 1.807) is 0 Å². The second-order valence-electron chi connectivity index (χ2n) is 5.10. The third-order valence-electron chi connectivity index (χ3n) is 3.47. The third kappa shape index (κ3) is 3.55. The largest absolute Gasteiger partial charge is 0.310 e. The van der Waals surface area contributed by atoms with Crippen molar-refractivity contribution in [1.29, 1.82) is 0 Å².